The Kier molecular flexibility index (Phi) is 14.9. The van der Waals surface area contributed by atoms with Crippen LogP contribution in [0.4, 0.5) is 0 Å². The fraction of sp³-hybridized carbons (Fsp3) is 0.825. The van der Waals surface area contributed by atoms with Gasteiger partial charge in [0.2, 0.25) is 5.79 Å². The van der Waals surface area contributed by atoms with E-state index in [1.807, 2.05) is 26.8 Å². The molecule has 2 unspecified atom stereocenters. The zero-order valence-corrected chi connectivity index (χ0v) is 32.7. The quantitative estimate of drug-likeness (QED) is 0.0480. The molecule has 0 aromatic carbocycles. The van der Waals surface area contributed by atoms with Gasteiger partial charge < -0.3 is 41.6 Å². The fourth-order valence-electron chi connectivity index (χ4n) is 10.9. The van der Waals surface area contributed by atoms with Crippen molar-refractivity contribution in [1.82, 2.24) is 5.32 Å². The van der Waals surface area contributed by atoms with E-state index in [1.165, 1.54) is 20.3 Å². The van der Waals surface area contributed by atoms with E-state index in [-0.39, 0.29) is 34.5 Å². The Morgan fingerprint density at radius 2 is 1.59 bits per heavy atom. The third kappa shape index (κ3) is 9.08. The number of carbonyl (C=O) groups excluding carboxylic acids is 2. The van der Waals surface area contributed by atoms with Crippen molar-refractivity contribution in [3.63, 3.8) is 0 Å². The van der Waals surface area contributed by atoms with Crippen LogP contribution in [-0.2, 0) is 23.9 Å². The Morgan fingerprint density at radius 3 is 2.16 bits per heavy atom. The van der Waals surface area contributed by atoms with Crippen LogP contribution in [0.1, 0.15) is 126 Å². The second kappa shape index (κ2) is 17.7. The molecule has 11 heteroatoms. The Labute approximate surface area is 306 Å². The number of rotatable bonds is 13. The summed E-state index contributed by atoms with van der Waals surface area (Å²) < 4.78 is 11.3. The summed E-state index contributed by atoms with van der Waals surface area (Å²) in [5, 5.41) is 37.0. The first-order valence-electron chi connectivity index (χ1n) is 19.3. The van der Waals surface area contributed by atoms with Crippen LogP contribution < -0.4 is 16.8 Å². The Bertz CT molecular complexity index is 1290. The number of aliphatic hydroxyl groups excluding tert-OH is 1. The van der Waals surface area contributed by atoms with Gasteiger partial charge in [-0.15, -0.1) is 0 Å². The van der Waals surface area contributed by atoms with E-state index in [1.54, 1.807) is 0 Å². The normalized spacial score (nSPS) is 37.8. The van der Waals surface area contributed by atoms with Gasteiger partial charge in [0.15, 0.2) is 0 Å². The number of carboxylic acids is 1. The fourth-order valence-corrected chi connectivity index (χ4v) is 10.9. The average molecular weight is 720 g/mol. The number of allylic oxidation sites excluding steroid dienone is 2. The van der Waals surface area contributed by atoms with Crippen LogP contribution in [0.2, 0.25) is 0 Å². The molecule has 8 N–H and O–H groups in total. The van der Waals surface area contributed by atoms with Crippen LogP contribution in [0.25, 0.3) is 0 Å². The minimum atomic E-state index is -1.53. The highest BCUT2D eigenvalue weighted by atomic mass is 16.7. The number of esters is 2. The number of carboxylic acid groups (broad SMARTS) is 1. The molecule has 0 amide bonds. The third-order valence-electron chi connectivity index (χ3n) is 13.4. The van der Waals surface area contributed by atoms with E-state index in [9.17, 15) is 29.7 Å². The van der Waals surface area contributed by atoms with E-state index in [2.05, 4.69) is 26.1 Å². The van der Waals surface area contributed by atoms with E-state index in [0.29, 0.717) is 49.7 Å². The number of carbonyl (C=O) groups is 3. The van der Waals surface area contributed by atoms with Crippen LogP contribution in [0.3, 0.4) is 0 Å². The van der Waals surface area contributed by atoms with Crippen molar-refractivity contribution in [2.75, 3.05) is 26.2 Å². The Hall–Kier alpha value is -2.31. The number of aliphatic hydroxyl groups is 2. The van der Waals surface area contributed by atoms with Gasteiger partial charge in [-0.25, -0.2) is 4.79 Å². The molecule has 0 aromatic heterocycles. The maximum atomic E-state index is 12.7. The molecule has 11 nitrogen and oxygen atoms in total. The van der Waals surface area contributed by atoms with Gasteiger partial charge in [0.1, 0.15) is 6.10 Å². The maximum absolute atomic E-state index is 12.7. The zero-order chi connectivity index (χ0) is 38.4. The molecule has 4 fully saturated rings. The summed E-state index contributed by atoms with van der Waals surface area (Å²) in [6, 6.07) is 0. The number of hydrogen-bond donors (Lipinski definition) is 6. The van der Waals surface area contributed by atoms with Gasteiger partial charge in [0, 0.05) is 31.8 Å². The average Bonchev–Trinajstić information content (AvgIpc) is 3.30. The molecule has 4 saturated carbocycles. The van der Waals surface area contributed by atoms with Gasteiger partial charge in [-0.3, -0.25) is 9.59 Å². The molecule has 0 saturated heterocycles. The van der Waals surface area contributed by atoms with Crippen molar-refractivity contribution >= 4 is 17.9 Å². The lowest BCUT2D eigenvalue weighted by molar-refractivity contribution is -0.297. The minimum absolute atomic E-state index is 0.0350. The van der Waals surface area contributed by atoms with E-state index in [4.69, 9.17) is 20.9 Å². The molecule has 0 spiro atoms. The van der Waals surface area contributed by atoms with Crippen LogP contribution in [-0.4, -0.2) is 77.4 Å². The van der Waals surface area contributed by atoms with Gasteiger partial charge in [-0.2, -0.15) is 0 Å². The van der Waals surface area contributed by atoms with E-state index < -0.39 is 41.3 Å². The first-order chi connectivity index (χ1) is 23.8. The zero-order valence-electron chi connectivity index (χ0n) is 32.7. The molecule has 0 heterocycles. The summed E-state index contributed by atoms with van der Waals surface area (Å²) in [6.07, 6.45) is 8.33. The summed E-state index contributed by atoms with van der Waals surface area (Å²) >= 11 is 0. The highest BCUT2D eigenvalue weighted by Gasteiger charge is 2.72. The standard InChI is InChI=1S/C33H50O8.C7H19N3/c1-18(2)10-9-11-22(29(37)38)27-24-16-25(36)28-30(6)14-15-33(39,41-21(5)35)19(3)23(30)12-13-31(28,7)32(24,8)17-26(27)40-20(4)34;8-4-1-2-6-10-7-3-5-9/h10,19,23-26,28,36,39H,9,11-17H2,1-8H3,(H,37,38);10H,1-9H2/t19-,23?,24+,25+,26-,28?,30-,31-,32-,33+;/m0./s1. The summed E-state index contributed by atoms with van der Waals surface area (Å²) in [7, 11) is 0. The molecular formula is C40H69N3O8. The minimum Gasteiger partial charge on any atom is -0.478 e. The first-order valence-corrected chi connectivity index (χ1v) is 19.3. The molecule has 0 radical (unpaired) electrons. The third-order valence-corrected chi connectivity index (χ3v) is 13.4. The second-order valence-electron chi connectivity index (χ2n) is 16.8. The van der Waals surface area contributed by atoms with Crippen LogP contribution in [0.15, 0.2) is 22.8 Å². The highest BCUT2D eigenvalue weighted by molar-refractivity contribution is 5.88. The van der Waals surface area contributed by atoms with Crippen molar-refractivity contribution in [2.45, 2.75) is 144 Å². The lowest BCUT2D eigenvalue weighted by Gasteiger charge is -2.69. The van der Waals surface area contributed by atoms with Crippen molar-refractivity contribution < 1.29 is 39.2 Å². The first kappa shape index (κ1) is 43.1. The van der Waals surface area contributed by atoms with Crippen molar-refractivity contribution in [3.8, 4) is 0 Å². The largest absolute Gasteiger partial charge is 0.478 e. The molecule has 51 heavy (non-hydrogen) atoms. The summed E-state index contributed by atoms with van der Waals surface area (Å²) in [4.78, 5) is 36.8. The van der Waals surface area contributed by atoms with Crippen LogP contribution in [0, 0.1) is 39.9 Å². The Morgan fingerprint density at radius 1 is 0.941 bits per heavy atom. The highest BCUT2D eigenvalue weighted by Crippen LogP contribution is 2.75. The van der Waals surface area contributed by atoms with Gasteiger partial charge in [-0.05, 0) is 144 Å². The van der Waals surface area contributed by atoms with Crippen LogP contribution >= 0.6 is 0 Å². The van der Waals surface area contributed by atoms with Gasteiger partial charge >= 0.3 is 17.9 Å². The monoisotopic (exact) mass is 720 g/mol. The van der Waals surface area contributed by atoms with Crippen molar-refractivity contribution in [2.24, 2.45) is 51.4 Å². The molecule has 4 rings (SSSR count). The molecule has 0 bridgehead atoms. The van der Waals surface area contributed by atoms with Gasteiger partial charge in [-0.1, -0.05) is 39.3 Å². The van der Waals surface area contributed by atoms with Gasteiger partial charge in [0.05, 0.1) is 6.10 Å². The maximum Gasteiger partial charge on any atom is 0.331 e. The number of nitrogens with one attached hydrogen (secondary N) is 1. The summed E-state index contributed by atoms with van der Waals surface area (Å²) in [5.74, 6) is -4.07. The Balaban J connectivity index is 0.000000612. The molecule has 4 aliphatic carbocycles. The van der Waals surface area contributed by atoms with Crippen molar-refractivity contribution in [3.05, 3.63) is 22.8 Å². The lowest BCUT2D eigenvalue weighted by Crippen LogP contribution is -2.67. The topological polar surface area (TPSA) is 194 Å². The van der Waals surface area contributed by atoms with Crippen molar-refractivity contribution in [1.29, 1.82) is 0 Å². The summed E-state index contributed by atoms with van der Waals surface area (Å²) in [5.41, 5.74) is 11.6. The number of hydrogen-bond acceptors (Lipinski definition) is 10. The smallest absolute Gasteiger partial charge is 0.331 e. The molecule has 0 aliphatic heterocycles. The predicted molar refractivity (Wildman–Crippen MR) is 198 cm³/mol. The predicted octanol–water partition coefficient (Wildman–Crippen LogP) is 5.22. The molecule has 4 aliphatic rings. The number of ether oxygens (including phenoxy) is 2. The summed E-state index contributed by atoms with van der Waals surface area (Å²) in [6.45, 7) is 19.0. The van der Waals surface area contributed by atoms with E-state index in [0.717, 1.165) is 57.4 Å². The SMILES string of the molecule is CC(=O)O[C@H]1C[C@@]2(C)[C@H](C[C@@H](O)C3[C@@]4(C)CC[C@@](O)(OC(C)=O)[C@@H](C)C4CC[C@@]32C)C1=C(CCC=C(C)C)C(=O)O.NCCCCNCCCN. The molecular weight excluding hydrogens is 650 g/mol. The number of fused-ring (bicyclic) bond motifs is 5. The lowest BCUT2D eigenvalue weighted by atomic mass is 9.36. The van der Waals surface area contributed by atoms with Crippen LogP contribution in [0.5, 0.6) is 0 Å². The second-order valence-corrected chi connectivity index (χ2v) is 16.8. The molecule has 292 valence electrons. The number of nitrogens with two attached hydrogens (primary N) is 2. The number of unbranched alkanes of at least 4 members (excludes halogenated alkanes) is 1. The molecule has 0 aromatic rings. The van der Waals surface area contributed by atoms with Gasteiger partial charge in [0.25, 0.3) is 0 Å². The molecule has 10 atom stereocenters. The number of aliphatic carboxylic acids is 1. The van der Waals surface area contributed by atoms with E-state index >= 15 is 0 Å².